The highest BCUT2D eigenvalue weighted by Crippen LogP contribution is 2.38. The molecule has 2 fully saturated rings. The molecule has 2 aromatic rings. The summed E-state index contributed by atoms with van der Waals surface area (Å²) in [4.78, 5) is 38.7. The largest absolute Gasteiger partial charge is 0.414 e. The summed E-state index contributed by atoms with van der Waals surface area (Å²) in [6.07, 6.45) is -2.57. The average Bonchev–Trinajstić information content (AvgIpc) is 2.99. The van der Waals surface area contributed by atoms with Crippen LogP contribution in [0.4, 0.5) is 34.8 Å². The van der Waals surface area contributed by atoms with E-state index >= 15 is 4.39 Å². The van der Waals surface area contributed by atoms with E-state index < -0.39 is 35.3 Å². The van der Waals surface area contributed by atoms with Crippen molar-refractivity contribution < 1.29 is 31.9 Å². The number of halogens is 4. The zero-order chi connectivity index (χ0) is 31.8. The number of nitriles is 1. The van der Waals surface area contributed by atoms with Crippen LogP contribution in [0.2, 0.25) is 0 Å². The number of carbonyl (C=O) groups excluding carboxylic acids is 2. The Morgan fingerprint density at radius 2 is 1.80 bits per heavy atom. The first kappa shape index (κ1) is 31.1. The molecule has 3 atom stereocenters. The fourth-order valence-corrected chi connectivity index (χ4v) is 5.63. The number of benzene rings is 1. The SMILES string of the molecule is C[C@@H]1CN(c2cc(F)c(-c3cnc(N4CCOCC4)c(C#N)c3)cc2NC(=O)C2C=NC(=O)C=C2C(F)(F)F)C[C@H](C)N1C. The molecule has 0 radical (unpaired) electrons. The molecule has 2 saturated heterocycles. The smallest absolute Gasteiger partial charge is 0.378 e. The van der Waals surface area contributed by atoms with Gasteiger partial charge in [-0.15, -0.1) is 0 Å². The van der Waals surface area contributed by atoms with E-state index in [0.29, 0.717) is 57.5 Å². The Morgan fingerprint density at radius 1 is 1.11 bits per heavy atom. The highest BCUT2D eigenvalue weighted by atomic mass is 19.4. The van der Waals surface area contributed by atoms with Gasteiger partial charge in [0.15, 0.2) is 0 Å². The molecule has 44 heavy (non-hydrogen) atoms. The van der Waals surface area contributed by atoms with Gasteiger partial charge in [-0.2, -0.15) is 18.4 Å². The summed E-state index contributed by atoms with van der Waals surface area (Å²) in [6.45, 7) is 6.93. The number of hydrogen-bond acceptors (Lipinski definition) is 8. The maximum absolute atomic E-state index is 15.9. The van der Waals surface area contributed by atoms with Crippen LogP contribution in [0.3, 0.4) is 0 Å². The molecule has 14 heteroatoms. The third-order valence-electron chi connectivity index (χ3n) is 8.23. The van der Waals surface area contributed by atoms with E-state index in [9.17, 15) is 28.0 Å². The maximum atomic E-state index is 15.9. The molecule has 1 N–H and O–H groups in total. The van der Waals surface area contributed by atoms with Crippen molar-refractivity contribution in [1.29, 1.82) is 5.26 Å². The maximum Gasteiger partial charge on any atom is 0.414 e. The second kappa shape index (κ2) is 12.3. The van der Waals surface area contributed by atoms with Crippen molar-refractivity contribution in [3.8, 4) is 17.2 Å². The predicted molar refractivity (Wildman–Crippen MR) is 156 cm³/mol. The number of pyridine rings is 1. The van der Waals surface area contributed by atoms with Gasteiger partial charge in [0.1, 0.15) is 23.6 Å². The lowest BCUT2D eigenvalue weighted by molar-refractivity contribution is -0.124. The number of aliphatic imine (C=N–C) groups is 1. The minimum atomic E-state index is -4.95. The Morgan fingerprint density at radius 3 is 2.43 bits per heavy atom. The van der Waals surface area contributed by atoms with Crippen LogP contribution >= 0.6 is 0 Å². The monoisotopic (exact) mass is 613 g/mol. The average molecular weight is 614 g/mol. The lowest BCUT2D eigenvalue weighted by atomic mass is 9.95. The van der Waals surface area contributed by atoms with Crippen LogP contribution in [-0.2, 0) is 14.3 Å². The highest BCUT2D eigenvalue weighted by Gasteiger charge is 2.43. The normalized spacial score (nSPS) is 22.9. The Labute approximate surface area is 251 Å². The van der Waals surface area contributed by atoms with Crippen LogP contribution in [0.1, 0.15) is 19.4 Å². The van der Waals surface area contributed by atoms with Crippen LogP contribution in [0.15, 0.2) is 41.0 Å². The topological polar surface area (TPSA) is 114 Å². The predicted octanol–water partition coefficient (Wildman–Crippen LogP) is 3.78. The minimum Gasteiger partial charge on any atom is -0.378 e. The molecule has 0 bridgehead atoms. The fourth-order valence-electron chi connectivity index (χ4n) is 5.63. The Hall–Kier alpha value is -4.35. The van der Waals surface area contributed by atoms with E-state index in [1.165, 1.54) is 24.4 Å². The molecule has 232 valence electrons. The summed E-state index contributed by atoms with van der Waals surface area (Å²) in [7, 11) is 1.97. The van der Waals surface area contributed by atoms with Crippen molar-refractivity contribution in [2.45, 2.75) is 32.1 Å². The number of anilines is 3. The molecule has 1 unspecified atom stereocenters. The van der Waals surface area contributed by atoms with Crippen LogP contribution in [0.5, 0.6) is 0 Å². The number of dihydropyridines is 1. The molecular weight excluding hydrogens is 582 g/mol. The van der Waals surface area contributed by atoms with Gasteiger partial charge in [0.2, 0.25) is 5.91 Å². The third-order valence-corrected chi connectivity index (χ3v) is 8.23. The second-order valence-electron chi connectivity index (χ2n) is 11.1. The number of hydrogen-bond donors (Lipinski definition) is 1. The molecule has 4 heterocycles. The first-order valence-corrected chi connectivity index (χ1v) is 14.1. The van der Waals surface area contributed by atoms with Crippen LogP contribution in [-0.4, -0.2) is 92.6 Å². The second-order valence-corrected chi connectivity index (χ2v) is 11.1. The lowest BCUT2D eigenvalue weighted by Gasteiger charge is -2.44. The summed E-state index contributed by atoms with van der Waals surface area (Å²) in [6, 6.07) is 6.27. The standard InChI is InChI=1S/C30H31F4N7O3/c1-17-15-41(16-18(2)39(17)3)26-11-24(31)21(20-8-19(12-35)28(37-13-20)40-4-6-44-7-5-40)9-25(26)38-29(43)22-14-36-27(42)10-23(22)30(32,33)34/h8-11,13-14,17-18,22H,4-7,15-16H2,1-3H3,(H,38,43)/t17-,18+,22?. The van der Waals surface area contributed by atoms with E-state index in [0.717, 1.165) is 0 Å². The van der Waals surface area contributed by atoms with E-state index in [1.807, 2.05) is 30.7 Å². The summed E-state index contributed by atoms with van der Waals surface area (Å²) < 4.78 is 62.5. The number of aromatic nitrogens is 1. The molecule has 3 aliphatic heterocycles. The fraction of sp³-hybridized carbons (Fsp3) is 0.433. The summed E-state index contributed by atoms with van der Waals surface area (Å²) in [5.74, 6) is -4.32. The molecule has 1 aromatic carbocycles. The zero-order valence-corrected chi connectivity index (χ0v) is 24.4. The van der Waals surface area contributed by atoms with Crippen molar-refractivity contribution in [3.63, 3.8) is 0 Å². The van der Waals surface area contributed by atoms with Crippen LogP contribution in [0.25, 0.3) is 11.1 Å². The number of nitrogens with zero attached hydrogens (tertiary/aromatic N) is 6. The number of amides is 2. The summed E-state index contributed by atoms with van der Waals surface area (Å²) in [5, 5.41) is 12.4. The molecule has 1 aromatic heterocycles. The number of piperazine rings is 1. The molecular formula is C30H31F4N7O3. The number of morpholine rings is 1. The van der Waals surface area contributed by atoms with Gasteiger partial charge < -0.3 is 19.9 Å². The number of rotatable bonds is 5. The highest BCUT2D eigenvalue weighted by molar-refractivity contribution is 6.11. The van der Waals surface area contributed by atoms with Crippen molar-refractivity contribution >= 4 is 35.2 Å². The van der Waals surface area contributed by atoms with Gasteiger partial charge in [-0.1, -0.05) is 0 Å². The minimum absolute atomic E-state index is 0.00382. The number of nitrogens with one attached hydrogen (secondary N) is 1. The lowest BCUT2D eigenvalue weighted by Crippen LogP contribution is -2.55. The van der Waals surface area contributed by atoms with Crippen molar-refractivity contribution in [2.24, 2.45) is 10.9 Å². The molecule has 0 aliphatic carbocycles. The van der Waals surface area contributed by atoms with Gasteiger partial charge in [-0.3, -0.25) is 14.5 Å². The van der Waals surface area contributed by atoms with Crippen molar-refractivity contribution in [2.75, 3.05) is 61.6 Å². The van der Waals surface area contributed by atoms with Gasteiger partial charge in [0.25, 0.3) is 5.91 Å². The number of carbonyl (C=O) groups is 2. The van der Waals surface area contributed by atoms with Crippen LogP contribution in [0, 0.1) is 23.1 Å². The first-order chi connectivity index (χ1) is 20.9. The molecule has 2 amide bonds. The van der Waals surface area contributed by atoms with E-state index in [1.54, 1.807) is 0 Å². The molecule has 5 rings (SSSR count). The number of likely N-dealkylation sites (N-methyl/N-ethyl adjacent to an activating group) is 1. The number of ether oxygens (including phenoxy) is 1. The Kier molecular flexibility index (Phi) is 8.71. The van der Waals surface area contributed by atoms with E-state index in [-0.39, 0.29) is 40.1 Å². The molecule has 10 nitrogen and oxygen atoms in total. The van der Waals surface area contributed by atoms with Gasteiger partial charge in [-0.25, -0.2) is 14.4 Å². The van der Waals surface area contributed by atoms with E-state index in [2.05, 4.69) is 26.3 Å². The third kappa shape index (κ3) is 6.29. The molecule has 0 saturated carbocycles. The van der Waals surface area contributed by atoms with Gasteiger partial charge in [0.05, 0.1) is 35.7 Å². The quantitative estimate of drug-likeness (QED) is 0.507. The van der Waals surface area contributed by atoms with Crippen molar-refractivity contribution in [1.82, 2.24) is 9.88 Å². The zero-order valence-electron chi connectivity index (χ0n) is 24.4. The van der Waals surface area contributed by atoms with E-state index in [4.69, 9.17) is 4.74 Å². The Bertz CT molecular complexity index is 1550. The number of alkyl halides is 3. The Balaban J connectivity index is 1.56. The van der Waals surface area contributed by atoms with Gasteiger partial charge in [-0.05, 0) is 39.1 Å². The summed E-state index contributed by atoms with van der Waals surface area (Å²) in [5.41, 5.74) is -0.538. The molecule has 0 spiro atoms. The van der Waals surface area contributed by atoms with Gasteiger partial charge in [0, 0.05) is 67.9 Å². The summed E-state index contributed by atoms with van der Waals surface area (Å²) >= 11 is 0. The molecule has 3 aliphatic rings. The van der Waals surface area contributed by atoms with Crippen molar-refractivity contribution in [3.05, 3.63) is 47.4 Å². The van der Waals surface area contributed by atoms with Crippen LogP contribution < -0.4 is 15.1 Å². The first-order valence-electron chi connectivity index (χ1n) is 14.1. The van der Waals surface area contributed by atoms with Gasteiger partial charge >= 0.3 is 6.18 Å².